The molecular formula is C21H19N5. The second kappa shape index (κ2) is 5.95. The van der Waals surface area contributed by atoms with Gasteiger partial charge in [0.25, 0.3) is 0 Å². The van der Waals surface area contributed by atoms with Gasteiger partial charge in [-0.15, -0.1) is 0 Å². The second-order valence-corrected chi connectivity index (χ2v) is 6.74. The minimum absolute atomic E-state index is 0.747. The molecule has 0 bridgehead atoms. The maximum absolute atomic E-state index is 4.73. The van der Waals surface area contributed by atoms with Gasteiger partial charge in [0.1, 0.15) is 11.5 Å². The lowest BCUT2D eigenvalue weighted by Crippen LogP contribution is -2.37. The summed E-state index contributed by atoms with van der Waals surface area (Å²) in [5, 5.41) is 0. The first kappa shape index (κ1) is 15.1. The normalized spacial score (nSPS) is 13.8. The molecule has 0 radical (unpaired) electrons. The van der Waals surface area contributed by atoms with Crippen molar-refractivity contribution >= 4 is 11.5 Å². The van der Waals surface area contributed by atoms with E-state index in [1.807, 2.05) is 18.5 Å². The number of rotatable bonds is 3. The average Bonchev–Trinajstić information content (AvgIpc) is 3.04. The highest BCUT2D eigenvalue weighted by Gasteiger charge is 2.16. The van der Waals surface area contributed by atoms with Crippen molar-refractivity contribution in [2.45, 2.75) is 13.3 Å². The summed E-state index contributed by atoms with van der Waals surface area (Å²) in [6.45, 7) is 4.26. The third kappa shape index (κ3) is 2.52. The fraction of sp³-hybridized carbons (Fsp3) is 0.190. The lowest BCUT2D eigenvalue weighted by Gasteiger charge is -2.31. The van der Waals surface area contributed by atoms with Crippen LogP contribution in [0.5, 0.6) is 0 Å². The van der Waals surface area contributed by atoms with E-state index in [-0.39, 0.29) is 0 Å². The largest absolute Gasteiger partial charge is 0.356 e. The number of benzene rings is 1. The van der Waals surface area contributed by atoms with E-state index >= 15 is 0 Å². The van der Waals surface area contributed by atoms with E-state index in [1.54, 1.807) is 0 Å². The topological polar surface area (TPSA) is 46.3 Å². The Morgan fingerprint density at radius 2 is 1.88 bits per heavy atom. The van der Waals surface area contributed by atoms with E-state index in [1.165, 1.54) is 17.5 Å². The second-order valence-electron chi connectivity index (χ2n) is 6.74. The molecule has 26 heavy (non-hydrogen) atoms. The molecule has 5 heteroatoms. The number of aryl methyl sites for hydroxylation is 1. The van der Waals surface area contributed by atoms with Crippen molar-refractivity contribution in [1.29, 1.82) is 0 Å². The van der Waals surface area contributed by atoms with Crippen LogP contribution in [0.25, 0.3) is 28.3 Å². The van der Waals surface area contributed by atoms with E-state index in [9.17, 15) is 0 Å². The molecule has 1 aliphatic rings. The molecule has 3 aromatic heterocycles. The monoisotopic (exact) mass is 341 g/mol. The zero-order valence-corrected chi connectivity index (χ0v) is 14.6. The Bertz CT molecular complexity index is 1090. The van der Waals surface area contributed by atoms with Crippen molar-refractivity contribution in [2.75, 3.05) is 18.0 Å². The third-order valence-electron chi connectivity index (χ3n) is 4.91. The first-order chi connectivity index (χ1) is 12.8. The number of fused-ring (bicyclic) bond motifs is 1. The molecule has 0 amide bonds. The van der Waals surface area contributed by atoms with Crippen LogP contribution in [-0.4, -0.2) is 32.4 Å². The smallest absolute Gasteiger partial charge is 0.161 e. The molecule has 0 unspecified atom stereocenters. The third-order valence-corrected chi connectivity index (χ3v) is 4.91. The molecule has 5 rings (SSSR count). The zero-order chi connectivity index (χ0) is 17.5. The Morgan fingerprint density at radius 1 is 0.962 bits per heavy atom. The van der Waals surface area contributed by atoms with Crippen molar-refractivity contribution in [3.05, 3.63) is 66.6 Å². The van der Waals surface area contributed by atoms with Crippen molar-refractivity contribution in [2.24, 2.45) is 0 Å². The van der Waals surface area contributed by atoms with Gasteiger partial charge in [-0.3, -0.25) is 4.40 Å². The number of hydrogen-bond donors (Lipinski definition) is 0. The molecule has 1 aliphatic heterocycles. The van der Waals surface area contributed by atoms with Crippen LogP contribution in [0, 0.1) is 6.92 Å². The van der Waals surface area contributed by atoms with Crippen LogP contribution in [0.4, 0.5) is 5.82 Å². The van der Waals surface area contributed by atoms with E-state index in [0.29, 0.717) is 0 Å². The lowest BCUT2D eigenvalue weighted by molar-refractivity contribution is 0.609. The summed E-state index contributed by atoms with van der Waals surface area (Å²) >= 11 is 0. The van der Waals surface area contributed by atoms with E-state index < -0.39 is 0 Å². The Hall–Kier alpha value is -3.21. The summed E-state index contributed by atoms with van der Waals surface area (Å²) in [5.41, 5.74) is 5.38. The van der Waals surface area contributed by atoms with Gasteiger partial charge in [-0.1, -0.05) is 23.8 Å². The van der Waals surface area contributed by atoms with Crippen molar-refractivity contribution < 1.29 is 0 Å². The lowest BCUT2D eigenvalue weighted by atomic mass is 10.1. The van der Waals surface area contributed by atoms with Crippen LogP contribution in [-0.2, 0) is 0 Å². The molecule has 4 heterocycles. The van der Waals surface area contributed by atoms with Gasteiger partial charge in [-0.25, -0.2) is 15.0 Å². The molecule has 4 aromatic rings. The van der Waals surface area contributed by atoms with E-state index in [2.05, 4.69) is 68.8 Å². The maximum atomic E-state index is 4.73. The minimum atomic E-state index is 0.747. The SMILES string of the molecule is Cc1cccc(-c2cnc3cc(-c4nccc(N5CCC5)n4)ccn23)c1. The molecule has 0 saturated carbocycles. The van der Waals surface area contributed by atoms with Crippen LogP contribution < -0.4 is 4.90 Å². The minimum Gasteiger partial charge on any atom is -0.356 e. The Balaban J connectivity index is 1.55. The first-order valence-corrected chi connectivity index (χ1v) is 8.90. The number of hydrogen-bond acceptors (Lipinski definition) is 4. The first-order valence-electron chi connectivity index (χ1n) is 8.90. The van der Waals surface area contributed by atoms with E-state index in [0.717, 1.165) is 41.6 Å². The molecule has 0 spiro atoms. The summed E-state index contributed by atoms with van der Waals surface area (Å²) in [7, 11) is 0. The molecule has 0 aliphatic carbocycles. The van der Waals surface area contributed by atoms with Gasteiger partial charge in [0.2, 0.25) is 0 Å². The zero-order valence-electron chi connectivity index (χ0n) is 14.6. The molecule has 0 N–H and O–H groups in total. The molecule has 1 fully saturated rings. The Morgan fingerprint density at radius 3 is 2.69 bits per heavy atom. The quantitative estimate of drug-likeness (QED) is 0.565. The van der Waals surface area contributed by atoms with Crippen LogP contribution in [0.1, 0.15) is 12.0 Å². The van der Waals surface area contributed by atoms with Gasteiger partial charge >= 0.3 is 0 Å². The number of imidazole rings is 1. The molecule has 0 atom stereocenters. The van der Waals surface area contributed by atoms with Gasteiger partial charge in [-0.2, -0.15) is 0 Å². The number of nitrogens with zero attached hydrogens (tertiary/aromatic N) is 5. The van der Waals surface area contributed by atoms with Gasteiger partial charge in [0, 0.05) is 36.6 Å². The molecular weight excluding hydrogens is 322 g/mol. The highest BCUT2D eigenvalue weighted by Crippen LogP contribution is 2.26. The van der Waals surface area contributed by atoms with Gasteiger partial charge in [-0.05, 0) is 37.6 Å². The molecule has 1 saturated heterocycles. The predicted molar refractivity (Wildman–Crippen MR) is 103 cm³/mol. The van der Waals surface area contributed by atoms with Gasteiger partial charge < -0.3 is 4.90 Å². The fourth-order valence-electron chi connectivity index (χ4n) is 3.35. The highest BCUT2D eigenvalue weighted by atomic mass is 15.2. The standard InChI is InChI=1S/C21H19N5/c1-15-4-2-5-16(12-15)18-14-23-20-13-17(7-11-26(18)20)21-22-8-6-19(24-21)25-9-3-10-25/h2,4-8,11-14H,3,9-10H2,1H3. The maximum Gasteiger partial charge on any atom is 0.161 e. The summed E-state index contributed by atoms with van der Waals surface area (Å²) < 4.78 is 2.11. The van der Waals surface area contributed by atoms with Crippen LogP contribution >= 0.6 is 0 Å². The number of aromatic nitrogens is 4. The highest BCUT2D eigenvalue weighted by molar-refractivity contribution is 5.68. The van der Waals surface area contributed by atoms with E-state index in [4.69, 9.17) is 4.98 Å². The Labute approximate surface area is 152 Å². The van der Waals surface area contributed by atoms with Crippen molar-refractivity contribution in [1.82, 2.24) is 19.4 Å². The molecule has 1 aromatic carbocycles. The summed E-state index contributed by atoms with van der Waals surface area (Å²) in [6.07, 6.45) is 7.05. The van der Waals surface area contributed by atoms with Gasteiger partial charge in [0.05, 0.1) is 11.9 Å². The summed E-state index contributed by atoms with van der Waals surface area (Å²) in [4.78, 5) is 16.1. The predicted octanol–water partition coefficient (Wildman–Crippen LogP) is 3.98. The summed E-state index contributed by atoms with van der Waals surface area (Å²) in [5.74, 6) is 1.75. The molecule has 128 valence electrons. The average molecular weight is 341 g/mol. The fourth-order valence-corrected chi connectivity index (χ4v) is 3.35. The van der Waals surface area contributed by atoms with Crippen LogP contribution in [0.15, 0.2) is 61.1 Å². The molecule has 5 nitrogen and oxygen atoms in total. The van der Waals surface area contributed by atoms with Crippen molar-refractivity contribution in [3.63, 3.8) is 0 Å². The van der Waals surface area contributed by atoms with Crippen molar-refractivity contribution in [3.8, 4) is 22.6 Å². The summed E-state index contributed by atoms with van der Waals surface area (Å²) in [6, 6.07) is 14.6. The Kier molecular flexibility index (Phi) is 3.45. The van der Waals surface area contributed by atoms with Crippen LogP contribution in [0.3, 0.4) is 0 Å². The van der Waals surface area contributed by atoms with Crippen LogP contribution in [0.2, 0.25) is 0 Å². The number of anilines is 1. The van der Waals surface area contributed by atoms with Gasteiger partial charge in [0.15, 0.2) is 5.82 Å². The number of pyridine rings is 1.